The number of carbonyl (C=O) groups excluding carboxylic acids is 1. The zero-order chi connectivity index (χ0) is 14.1. The van der Waals surface area contributed by atoms with Crippen LogP contribution in [0.2, 0.25) is 0 Å². The molecule has 1 amide bonds. The molecular weight excluding hydrogens is 254 g/mol. The predicted molar refractivity (Wildman–Crippen MR) is 74.9 cm³/mol. The van der Waals surface area contributed by atoms with Gasteiger partial charge in [-0.15, -0.1) is 10.2 Å². The Kier molecular flexibility index (Phi) is 3.40. The smallest absolute Gasteiger partial charge is 0.223 e. The van der Waals surface area contributed by atoms with Crippen LogP contribution in [0.4, 0.5) is 0 Å². The van der Waals surface area contributed by atoms with Crippen LogP contribution in [0.5, 0.6) is 0 Å². The number of fused-ring (bicyclic) bond motifs is 1. The molecule has 0 aromatic carbocycles. The largest absolute Gasteiger partial charge is 0.346 e. The van der Waals surface area contributed by atoms with Gasteiger partial charge in [0.25, 0.3) is 0 Å². The fourth-order valence-corrected chi connectivity index (χ4v) is 2.81. The van der Waals surface area contributed by atoms with Gasteiger partial charge in [0.05, 0.1) is 6.04 Å². The lowest BCUT2D eigenvalue weighted by atomic mass is 10.1. The van der Waals surface area contributed by atoms with Gasteiger partial charge >= 0.3 is 0 Å². The number of nitrogens with two attached hydrogens (primary N) is 1. The number of hydrogen-bond acceptors (Lipinski definition) is 4. The lowest BCUT2D eigenvalue weighted by molar-refractivity contribution is -0.125. The van der Waals surface area contributed by atoms with E-state index in [2.05, 4.69) is 15.5 Å². The maximum Gasteiger partial charge on any atom is 0.223 e. The third-order valence-electron chi connectivity index (χ3n) is 3.93. The molecular formula is C14H19N5O. The van der Waals surface area contributed by atoms with E-state index in [1.54, 1.807) is 0 Å². The zero-order valence-electron chi connectivity index (χ0n) is 11.5. The van der Waals surface area contributed by atoms with Crippen LogP contribution in [0.15, 0.2) is 24.4 Å². The standard InChI is InChI=1S/C14H19N5O/c1-9(16-14(20)10-5-6-11(15)8-10)13-18-17-12-4-2-3-7-19(12)13/h2-4,7,9-11H,5-6,8,15H2,1H3,(H,16,20). The Morgan fingerprint density at radius 2 is 2.30 bits per heavy atom. The number of aromatic nitrogens is 3. The van der Waals surface area contributed by atoms with Crippen LogP contribution >= 0.6 is 0 Å². The minimum atomic E-state index is -0.170. The molecule has 2 aromatic rings. The first kappa shape index (κ1) is 13.1. The first-order chi connectivity index (χ1) is 9.65. The molecule has 0 saturated heterocycles. The number of nitrogens with one attached hydrogen (secondary N) is 1. The van der Waals surface area contributed by atoms with Gasteiger partial charge < -0.3 is 11.1 Å². The summed E-state index contributed by atoms with van der Waals surface area (Å²) in [5, 5.41) is 11.3. The van der Waals surface area contributed by atoms with Crippen molar-refractivity contribution in [2.45, 2.75) is 38.3 Å². The molecule has 0 radical (unpaired) electrons. The van der Waals surface area contributed by atoms with E-state index in [9.17, 15) is 4.79 Å². The summed E-state index contributed by atoms with van der Waals surface area (Å²) in [6.45, 7) is 1.93. The topological polar surface area (TPSA) is 85.3 Å². The van der Waals surface area contributed by atoms with E-state index >= 15 is 0 Å². The highest BCUT2D eigenvalue weighted by Gasteiger charge is 2.29. The Balaban J connectivity index is 1.73. The molecule has 0 bridgehead atoms. The summed E-state index contributed by atoms with van der Waals surface area (Å²) in [7, 11) is 0. The molecule has 3 rings (SSSR count). The van der Waals surface area contributed by atoms with Crippen LogP contribution in [0, 0.1) is 5.92 Å². The third-order valence-corrected chi connectivity index (χ3v) is 3.93. The molecule has 1 aliphatic rings. The molecule has 106 valence electrons. The summed E-state index contributed by atoms with van der Waals surface area (Å²) in [6, 6.07) is 5.72. The second kappa shape index (κ2) is 5.20. The van der Waals surface area contributed by atoms with Crippen molar-refractivity contribution in [3.63, 3.8) is 0 Å². The first-order valence-electron chi connectivity index (χ1n) is 7.01. The lowest BCUT2D eigenvalue weighted by Crippen LogP contribution is -2.33. The molecule has 6 heteroatoms. The predicted octanol–water partition coefficient (Wildman–Crippen LogP) is 1.03. The summed E-state index contributed by atoms with van der Waals surface area (Å²) < 4.78 is 1.89. The van der Waals surface area contributed by atoms with Gasteiger partial charge in [-0.2, -0.15) is 0 Å². The van der Waals surface area contributed by atoms with Crippen LogP contribution in [0.25, 0.3) is 5.65 Å². The summed E-state index contributed by atoms with van der Waals surface area (Å²) in [5.74, 6) is 0.848. The Labute approximate surface area is 117 Å². The van der Waals surface area contributed by atoms with Crippen molar-refractivity contribution in [3.8, 4) is 0 Å². The van der Waals surface area contributed by atoms with Crippen LogP contribution < -0.4 is 11.1 Å². The summed E-state index contributed by atoms with van der Waals surface area (Å²) >= 11 is 0. The summed E-state index contributed by atoms with van der Waals surface area (Å²) in [5.41, 5.74) is 6.64. The second-order valence-electron chi connectivity index (χ2n) is 5.49. The van der Waals surface area contributed by atoms with Gasteiger partial charge in [-0.1, -0.05) is 6.07 Å². The number of hydrogen-bond donors (Lipinski definition) is 2. The number of carbonyl (C=O) groups is 1. The molecule has 3 atom stereocenters. The Morgan fingerprint density at radius 3 is 3.05 bits per heavy atom. The van der Waals surface area contributed by atoms with Crippen molar-refractivity contribution >= 4 is 11.6 Å². The van der Waals surface area contributed by atoms with Crippen molar-refractivity contribution in [3.05, 3.63) is 30.2 Å². The average molecular weight is 273 g/mol. The van der Waals surface area contributed by atoms with Crippen LogP contribution in [-0.2, 0) is 4.79 Å². The summed E-state index contributed by atoms with van der Waals surface area (Å²) in [6.07, 6.45) is 4.48. The maximum atomic E-state index is 12.2. The van der Waals surface area contributed by atoms with E-state index in [1.807, 2.05) is 35.7 Å². The second-order valence-corrected chi connectivity index (χ2v) is 5.49. The molecule has 2 aromatic heterocycles. The highest BCUT2D eigenvalue weighted by atomic mass is 16.2. The van der Waals surface area contributed by atoms with Gasteiger partial charge in [-0.05, 0) is 38.3 Å². The van der Waals surface area contributed by atoms with E-state index in [0.29, 0.717) is 0 Å². The highest BCUT2D eigenvalue weighted by Crippen LogP contribution is 2.25. The van der Waals surface area contributed by atoms with Crippen LogP contribution in [0.3, 0.4) is 0 Å². The maximum absolute atomic E-state index is 12.2. The molecule has 1 saturated carbocycles. The van der Waals surface area contributed by atoms with Crippen molar-refractivity contribution in [1.29, 1.82) is 0 Å². The van der Waals surface area contributed by atoms with Crippen LogP contribution in [0.1, 0.15) is 38.1 Å². The van der Waals surface area contributed by atoms with Crippen molar-refractivity contribution < 1.29 is 4.79 Å². The Bertz CT molecular complexity index is 623. The number of rotatable bonds is 3. The van der Waals surface area contributed by atoms with E-state index in [4.69, 9.17) is 5.73 Å². The molecule has 0 spiro atoms. The van der Waals surface area contributed by atoms with Crippen molar-refractivity contribution in [1.82, 2.24) is 19.9 Å². The molecule has 1 aliphatic carbocycles. The van der Waals surface area contributed by atoms with Crippen molar-refractivity contribution in [2.75, 3.05) is 0 Å². The molecule has 20 heavy (non-hydrogen) atoms. The van der Waals surface area contributed by atoms with E-state index in [1.165, 1.54) is 0 Å². The molecule has 1 fully saturated rings. The van der Waals surface area contributed by atoms with Gasteiger partial charge in [0.2, 0.25) is 5.91 Å². The lowest BCUT2D eigenvalue weighted by Gasteiger charge is -2.15. The van der Waals surface area contributed by atoms with Gasteiger partial charge in [-0.3, -0.25) is 9.20 Å². The molecule has 2 heterocycles. The zero-order valence-corrected chi connectivity index (χ0v) is 11.5. The van der Waals surface area contributed by atoms with E-state index < -0.39 is 0 Å². The van der Waals surface area contributed by atoms with E-state index in [-0.39, 0.29) is 23.9 Å². The molecule has 3 N–H and O–H groups in total. The van der Waals surface area contributed by atoms with Gasteiger partial charge in [-0.25, -0.2) is 0 Å². The Hall–Kier alpha value is -1.95. The SMILES string of the molecule is CC(NC(=O)C1CCC(N)C1)c1nnc2ccccn12. The molecule has 6 nitrogen and oxygen atoms in total. The minimum Gasteiger partial charge on any atom is -0.346 e. The number of pyridine rings is 1. The highest BCUT2D eigenvalue weighted by molar-refractivity contribution is 5.79. The summed E-state index contributed by atoms with van der Waals surface area (Å²) in [4.78, 5) is 12.2. The average Bonchev–Trinajstić information content (AvgIpc) is 3.04. The molecule has 0 aliphatic heterocycles. The first-order valence-corrected chi connectivity index (χ1v) is 7.01. The quantitative estimate of drug-likeness (QED) is 0.874. The molecule has 3 unspecified atom stereocenters. The van der Waals surface area contributed by atoms with E-state index in [0.717, 1.165) is 30.7 Å². The Morgan fingerprint density at radius 1 is 1.45 bits per heavy atom. The fourth-order valence-electron chi connectivity index (χ4n) is 2.81. The number of amides is 1. The van der Waals surface area contributed by atoms with Crippen molar-refractivity contribution in [2.24, 2.45) is 11.7 Å². The van der Waals surface area contributed by atoms with Gasteiger partial charge in [0, 0.05) is 18.2 Å². The monoisotopic (exact) mass is 273 g/mol. The van der Waals surface area contributed by atoms with Gasteiger partial charge in [0.1, 0.15) is 0 Å². The number of nitrogens with zero attached hydrogens (tertiary/aromatic N) is 3. The third kappa shape index (κ3) is 2.38. The normalized spacial score (nSPS) is 23.9. The van der Waals surface area contributed by atoms with Crippen LogP contribution in [-0.4, -0.2) is 26.5 Å². The minimum absolute atomic E-state index is 0.0339. The van der Waals surface area contributed by atoms with Gasteiger partial charge in [0.15, 0.2) is 11.5 Å². The fraction of sp³-hybridized carbons (Fsp3) is 0.500.